The van der Waals surface area contributed by atoms with E-state index in [2.05, 4.69) is 33.8 Å². The normalized spacial score (nSPS) is 13.7. The molecule has 0 saturated heterocycles. The summed E-state index contributed by atoms with van der Waals surface area (Å²) in [5.41, 5.74) is 2.70. The monoisotopic (exact) mass is 234 g/mol. The fourth-order valence-electron chi connectivity index (χ4n) is 2.54. The van der Waals surface area contributed by atoms with Gasteiger partial charge >= 0.3 is 0 Å². The highest BCUT2D eigenvalue weighted by Crippen LogP contribution is 2.37. The SMILES string of the molecule is CCCC(CC(C)(C)C)c1cccc(O)c1C. The lowest BCUT2D eigenvalue weighted by atomic mass is 9.78. The number of rotatable bonds is 4. The molecule has 0 bridgehead atoms. The van der Waals surface area contributed by atoms with Crippen LogP contribution in [0.15, 0.2) is 18.2 Å². The highest BCUT2D eigenvalue weighted by molar-refractivity contribution is 5.40. The van der Waals surface area contributed by atoms with Gasteiger partial charge in [-0.05, 0) is 48.3 Å². The van der Waals surface area contributed by atoms with Gasteiger partial charge in [-0.15, -0.1) is 0 Å². The van der Waals surface area contributed by atoms with Gasteiger partial charge in [0.15, 0.2) is 0 Å². The Balaban J connectivity index is 3.01. The molecule has 0 aromatic heterocycles. The second-order valence-electron chi connectivity index (χ2n) is 6.24. The molecule has 17 heavy (non-hydrogen) atoms. The summed E-state index contributed by atoms with van der Waals surface area (Å²) in [6.07, 6.45) is 3.56. The van der Waals surface area contributed by atoms with E-state index < -0.39 is 0 Å². The zero-order valence-electron chi connectivity index (χ0n) is 11.9. The first-order chi connectivity index (χ1) is 7.85. The Morgan fingerprint density at radius 3 is 2.41 bits per heavy atom. The molecular formula is C16H26O. The molecule has 0 radical (unpaired) electrons. The van der Waals surface area contributed by atoms with E-state index in [4.69, 9.17) is 0 Å². The summed E-state index contributed by atoms with van der Waals surface area (Å²) in [4.78, 5) is 0. The van der Waals surface area contributed by atoms with Crippen molar-refractivity contribution in [1.29, 1.82) is 0 Å². The summed E-state index contributed by atoms with van der Waals surface area (Å²) in [6.45, 7) is 11.1. The van der Waals surface area contributed by atoms with E-state index in [1.54, 1.807) is 6.07 Å². The molecule has 0 spiro atoms. The van der Waals surface area contributed by atoms with Crippen LogP contribution in [-0.4, -0.2) is 5.11 Å². The standard InChI is InChI=1S/C16H26O/c1-6-8-13(11-16(3,4)5)14-9-7-10-15(17)12(14)2/h7,9-10,13,17H,6,8,11H2,1-5H3. The molecule has 0 aliphatic carbocycles. The molecular weight excluding hydrogens is 208 g/mol. The summed E-state index contributed by atoms with van der Waals surface area (Å²) < 4.78 is 0. The zero-order chi connectivity index (χ0) is 13.1. The van der Waals surface area contributed by atoms with Crippen molar-refractivity contribution in [3.63, 3.8) is 0 Å². The fourth-order valence-corrected chi connectivity index (χ4v) is 2.54. The summed E-state index contributed by atoms with van der Waals surface area (Å²) in [5.74, 6) is 0.990. The van der Waals surface area contributed by atoms with E-state index in [0.717, 1.165) is 5.56 Å². The fraction of sp³-hybridized carbons (Fsp3) is 0.625. The van der Waals surface area contributed by atoms with Gasteiger partial charge in [0.05, 0.1) is 0 Å². The largest absolute Gasteiger partial charge is 0.508 e. The molecule has 1 aromatic carbocycles. The molecule has 1 nitrogen and oxygen atoms in total. The Morgan fingerprint density at radius 2 is 1.88 bits per heavy atom. The van der Waals surface area contributed by atoms with Crippen LogP contribution >= 0.6 is 0 Å². The van der Waals surface area contributed by atoms with Gasteiger partial charge in [0, 0.05) is 0 Å². The van der Waals surface area contributed by atoms with Crippen molar-refractivity contribution < 1.29 is 5.11 Å². The van der Waals surface area contributed by atoms with Crippen LogP contribution in [0.3, 0.4) is 0 Å². The highest BCUT2D eigenvalue weighted by atomic mass is 16.3. The lowest BCUT2D eigenvalue weighted by Crippen LogP contribution is -2.13. The smallest absolute Gasteiger partial charge is 0.118 e. The van der Waals surface area contributed by atoms with Crippen LogP contribution in [0.2, 0.25) is 0 Å². The third kappa shape index (κ3) is 4.07. The molecule has 0 fully saturated rings. The second kappa shape index (κ2) is 5.57. The van der Waals surface area contributed by atoms with Gasteiger partial charge in [-0.3, -0.25) is 0 Å². The van der Waals surface area contributed by atoms with E-state index in [1.807, 2.05) is 13.0 Å². The minimum atomic E-state index is 0.331. The molecule has 0 aliphatic heterocycles. The predicted octanol–water partition coefficient (Wildman–Crippen LogP) is 5.02. The average Bonchev–Trinajstić information content (AvgIpc) is 2.19. The van der Waals surface area contributed by atoms with Gasteiger partial charge in [-0.1, -0.05) is 46.2 Å². The number of benzene rings is 1. The van der Waals surface area contributed by atoms with Crippen molar-refractivity contribution in [2.45, 2.75) is 59.8 Å². The molecule has 0 aliphatic rings. The molecule has 0 saturated carbocycles. The van der Waals surface area contributed by atoms with Crippen LogP contribution in [-0.2, 0) is 0 Å². The van der Waals surface area contributed by atoms with Gasteiger partial charge in [0.25, 0.3) is 0 Å². The van der Waals surface area contributed by atoms with Crippen molar-refractivity contribution in [1.82, 2.24) is 0 Å². The maximum absolute atomic E-state index is 9.82. The van der Waals surface area contributed by atoms with Crippen LogP contribution in [0.4, 0.5) is 0 Å². The highest BCUT2D eigenvalue weighted by Gasteiger charge is 2.21. The Morgan fingerprint density at radius 1 is 1.24 bits per heavy atom. The molecule has 1 rings (SSSR count). The van der Waals surface area contributed by atoms with Crippen LogP contribution in [0, 0.1) is 12.3 Å². The zero-order valence-corrected chi connectivity index (χ0v) is 11.9. The summed E-state index contributed by atoms with van der Waals surface area (Å²) in [7, 11) is 0. The Hall–Kier alpha value is -0.980. The number of phenols is 1. The van der Waals surface area contributed by atoms with Crippen molar-refractivity contribution in [2.24, 2.45) is 5.41 Å². The molecule has 0 amide bonds. The average molecular weight is 234 g/mol. The molecule has 0 heterocycles. The van der Waals surface area contributed by atoms with Gasteiger partial charge in [-0.25, -0.2) is 0 Å². The van der Waals surface area contributed by atoms with Crippen LogP contribution in [0.1, 0.15) is 64.0 Å². The predicted molar refractivity (Wildman–Crippen MR) is 74.6 cm³/mol. The van der Waals surface area contributed by atoms with Crippen LogP contribution in [0.5, 0.6) is 5.75 Å². The third-order valence-corrected chi connectivity index (χ3v) is 3.28. The van der Waals surface area contributed by atoms with Crippen molar-refractivity contribution in [3.05, 3.63) is 29.3 Å². The van der Waals surface area contributed by atoms with Gasteiger partial charge in [0.2, 0.25) is 0 Å². The van der Waals surface area contributed by atoms with E-state index in [9.17, 15) is 5.11 Å². The summed E-state index contributed by atoms with van der Waals surface area (Å²) in [6, 6.07) is 5.91. The molecule has 1 N–H and O–H groups in total. The Kier molecular flexibility index (Phi) is 4.62. The van der Waals surface area contributed by atoms with Crippen LogP contribution < -0.4 is 0 Å². The van der Waals surface area contributed by atoms with Crippen molar-refractivity contribution >= 4 is 0 Å². The van der Waals surface area contributed by atoms with Crippen molar-refractivity contribution in [3.8, 4) is 5.75 Å². The first kappa shape index (κ1) is 14.1. The number of aromatic hydroxyl groups is 1. The minimum absolute atomic E-state index is 0.331. The first-order valence-electron chi connectivity index (χ1n) is 6.63. The van der Waals surface area contributed by atoms with E-state index in [-0.39, 0.29) is 0 Å². The van der Waals surface area contributed by atoms with Gasteiger partial charge < -0.3 is 5.11 Å². The minimum Gasteiger partial charge on any atom is -0.508 e. The number of phenolic OH excluding ortho intramolecular Hbond substituents is 1. The van der Waals surface area contributed by atoms with Gasteiger partial charge in [-0.2, -0.15) is 0 Å². The maximum atomic E-state index is 9.82. The van der Waals surface area contributed by atoms with Crippen molar-refractivity contribution in [2.75, 3.05) is 0 Å². The van der Waals surface area contributed by atoms with Crippen LogP contribution in [0.25, 0.3) is 0 Å². The lowest BCUT2D eigenvalue weighted by Gasteiger charge is -2.27. The molecule has 1 heteroatoms. The molecule has 1 atom stereocenters. The summed E-state index contributed by atoms with van der Waals surface area (Å²) >= 11 is 0. The van der Waals surface area contributed by atoms with E-state index in [1.165, 1.54) is 24.8 Å². The number of hydrogen-bond acceptors (Lipinski definition) is 1. The molecule has 1 unspecified atom stereocenters. The summed E-state index contributed by atoms with van der Waals surface area (Å²) in [5, 5.41) is 9.82. The van der Waals surface area contributed by atoms with Gasteiger partial charge in [0.1, 0.15) is 5.75 Å². The molecule has 1 aromatic rings. The lowest BCUT2D eigenvalue weighted by molar-refractivity contribution is 0.328. The topological polar surface area (TPSA) is 20.2 Å². The number of hydrogen-bond donors (Lipinski definition) is 1. The Bertz CT molecular complexity index is 360. The maximum Gasteiger partial charge on any atom is 0.118 e. The van der Waals surface area contributed by atoms with E-state index >= 15 is 0 Å². The quantitative estimate of drug-likeness (QED) is 0.775. The Labute approximate surface area is 106 Å². The van der Waals surface area contributed by atoms with E-state index in [0.29, 0.717) is 17.1 Å². The third-order valence-electron chi connectivity index (χ3n) is 3.28. The molecule has 96 valence electrons. The second-order valence-corrected chi connectivity index (χ2v) is 6.24. The first-order valence-corrected chi connectivity index (χ1v) is 6.63.